The number of carbonyl (C=O) groups is 3. The molecule has 0 N–H and O–H groups in total. The van der Waals surface area contributed by atoms with E-state index in [0.29, 0.717) is 25.3 Å². The second-order valence-electron chi connectivity index (χ2n) is 4.93. The summed E-state index contributed by atoms with van der Waals surface area (Å²) in [5, 5.41) is 6.39. The van der Waals surface area contributed by atoms with E-state index in [1.54, 1.807) is 13.8 Å². The lowest BCUT2D eigenvalue weighted by molar-refractivity contribution is -0.148. The SMILES string of the molecule is CCOC(=O)CCC(=O)N1CCCN1C(=O)c1cc(C)on1. The van der Waals surface area contributed by atoms with Gasteiger partial charge in [-0.3, -0.25) is 19.4 Å². The van der Waals surface area contributed by atoms with Gasteiger partial charge < -0.3 is 9.26 Å². The third kappa shape index (κ3) is 3.63. The maximum atomic E-state index is 12.3. The highest BCUT2D eigenvalue weighted by molar-refractivity contribution is 5.94. The molecular weight excluding hydrogens is 290 g/mol. The van der Waals surface area contributed by atoms with Crippen LogP contribution in [0.1, 0.15) is 42.4 Å². The molecule has 1 aliphatic heterocycles. The zero-order valence-corrected chi connectivity index (χ0v) is 12.7. The van der Waals surface area contributed by atoms with Crippen molar-refractivity contribution in [3.8, 4) is 0 Å². The van der Waals surface area contributed by atoms with E-state index in [1.165, 1.54) is 16.1 Å². The third-order valence-electron chi connectivity index (χ3n) is 3.25. The molecule has 120 valence electrons. The van der Waals surface area contributed by atoms with Gasteiger partial charge in [-0.15, -0.1) is 0 Å². The fraction of sp³-hybridized carbons (Fsp3) is 0.571. The van der Waals surface area contributed by atoms with E-state index in [9.17, 15) is 14.4 Å². The van der Waals surface area contributed by atoms with E-state index < -0.39 is 5.97 Å². The van der Waals surface area contributed by atoms with Crippen LogP contribution in [0, 0.1) is 6.92 Å². The second-order valence-corrected chi connectivity index (χ2v) is 4.93. The van der Waals surface area contributed by atoms with Crippen molar-refractivity contribution in [3.63, 3.8) is 0 Å². The first-order chi connectivity index (χ1) is 10.5. The minimum Gasteiger partial charge on any atom is -0.466 e. The van der Waals surface area contributed by atoms with Crippen molar-refractivity contribution in [3.05, 3.63) is 17.5 Å². The van der Waals surface area contributed by atoms with Gasteiger partial charge in [-0.2, -0.15) is 0 Å². The summed E-state index contributed by atoms with van der Waals surface area (Å²) >= 11 is 0. The van der Waals surface area contributed by atoms with Crippen molar-refractivity contribution in [1.29, 1.82) is 0 Å². The molecule has 0 radical (unpaired) electrons. The number of rotatable bonds is 5. The number of ether oxygens (including phenoxy) is 1. The molecule has 1 fully saturated rings. The standard InChI is InChI=1S/C14H19N3O5/c1-3-21-13(19)6-5-12(18)16-7-4-8-17(16)14(20)11-9-10(2)22-15-11/h9H,3-8H2,1-2H3. The molecule has 8 heteroatoms. The van der Waals surface area contributed by atoms with Gasteiger partial charge in [0.05, 0.1) is 13.0 Å². The molecule has 0 saturated carbocycles. The summed E-state index contributed by atoms with van der Waals surface area (Å²) < 4.78 is 9.67. The molecule has 0 aromatic carbocycles. The molecule has 0 atom stereocenters. The zero-order valence-electron chi connectivity index (χ0n) is 12.7. The summed E-state index contributed by atoms with van der Waals surface area (Å²) in [4.78, 5) is 35.8. The van der Waals surface area contributed by atoms with E-state index >= 15 is 0 Å². The predicted molar refractivity (Wildman–Crippen MR) is 74.5 cm³/mol. The van der Waals surface area contributed by atoms with Gasteiger partial charge in [0.15, 0.2) is 5.69 Å². The minimum atomic E-state index is -0.417. The van der Waals surface area contributed by atoms with Crippen molar-refractivity contribution in [2.75, 3.05) is 19.7 Å². The van der Waals surface area contributed by atoms with Crippen molar-refractivity contribution >= 4 is 17.8 Å². The Morgan fingerprint density at radius 2 is 2.00 bits per heavy atom. The van der Waals surface area contributed by atoms with E-state index in [4.69, 9.17) is 9.26 Å². The maximum absolute atomic E-state index is 12.3. The highest BCUT2D eigenvalue weighted by Crippen LogP contribution is 2.17. The lowest BCUT2D eigenvalue weighted by atomic mass is 10.3. The monoisotopic (exact) mass is 309 g/mol. The number of aryl methyl sites for hydroxylation is 1. The second kappa shape index (κ2) is 7.06. The first kappa shape index (κ1) is 16.0. The first-order valence-electron chi connectivity index (χ1n) is 7.24. The van der Waals surface area contributed by atoms with Gasteiger partial charge in [0.1, 0.15) is 5.76 Å². The minimum absolute atomic E-state index is 0.00821. The van der Waals surface area contributed by atoms with Crippen molar-refractivity contribution in [2.45, 2.75) is 33.1 Å². The molecule has 1 aromatic heterocycles. The van der Waals surface area contributed by atoms with Crippen molar-refractivity contribution < 1.29 is 23.6 Å². The lowest BCUT2D eigenvalue weighted by Gasteiger charge is -2.27. The summed E-state index contributed by atoms with van der Waals surface area (Å²) in [5.41, 5.74) is 0.169. The Balaban J connectivity index is 1.96. The van der Waals surface area contributed by atoms with E-state index in [2.05, 4.69) is 5.16 Å². The van der Waals surface area contributed by atoms with Crippen LogP contribution in [0.2, 0.25) is 0 Å². The molecule has 22 heavy (non-hydrogen) atoms. The van der Waals surface area contributed by atoms with Gasteiger partial charge in [-0.05, 0) is 20.3 Å². The molecule has 0 unspecified atom stereocenters. The number of aromatic nitrogens is 1. The molecule has 2 heterocycles. The van der Waals surface area contributed by atoms with E-state index in [0.717, 1.165) is 0 Å². The molecule has 1 aromatic rings. The molecule has 2 amide bonds. The number of hydrogen-bond acceptors (Lipinski definition) is 6. The Morgan fingerprint density at radius 3 is 2.64 bits per heavy atom. The average molecular weight is 309 g/mol. The number of hydrogen-bond donors (Lipinski definition) is 0. The number of nitrogens with zero attached hydrogens (tertiary/aromatic N) is 3. The zero-order chi connectivity index (χ0) is 16.1. The van der Waals surface area contributed by atoms with Crippen LogP contribution in [0.3, 0.4) is 0 Å². The molecular formula is C14H19N3O5. The fourth-order valence-corrected chi connectivity index (χ4v) is 2.25. The van der Waals surface area contributed by atoms with E-state index in [-0.39, 0.29) is 37.0 Å². The summed E-state index contributed by atoms with van der Waals surface area (Å²) in [6.45, 7) is 4.57. The van der Waals surface area contributed by atoms with Crippen LogP contribution in [-0.2, 0) is 14.3 Å². The number of amides is 2. The van der Waals surface area contributed by atoms with Crippen molar-refractivity contribution in [1.82, 2.24) is 15.2 Å². The lowest BCUT2D eigenvalue weighted by Crippen LogP contribution is -2.45. The largest absolute Gasteiger partial charge is 0.466 e. The van der Waals surface area contributed by atoms with Gasteiger partial charge >= 0.3 is 5.97 Å². The quantitative estimate of drug-likeness (QED) is 0.751. The van der Waals surface area contributed by atoms with Crippen LogP contribution in [0.4, 0.5) is 0 Å². The highest BCUT2D eigenvalue weighted by Gasteiger charge is 2.32. The Bertz CT molecular complexity index is 569. The van der Waals surface area contributed by atoms with Crippen molar-refractivity contribution in [2.24, 2.45) is 0 Å². The molecule has 8 nitrogen and oxygen atoms in total. The Kier molecular flexibility index (Phi) is 5.13. The van der Waals surface area contributed by atoms with Gasteiger partial charge in [-0.1, -0.05) is 5.16 Å². The highest BCUT2D eigenvalue weighted by atomic mass is 16.5. The van der Waals surface area contributed by atoms with Crippen LogP contribution < -0.4 is 0 Å². The molecule has 1 saturated heterocycles. The number of hydrazine groups is 1. The third-order valence-corrected chi connectivity index (χ3v) is 3.25. The van der Waals surface area contributed by atoms with Gasteiger partial charge in [0.2, 0.25) is 5.91 Å². The van der Waals surface area contributed by atoms with Gasteiger partial charge in [0.25, 0.3) is 5.91 Å². The fourth-order valence-electron chi connectivity index (χ4n) is 2.25. The Morgan fingerprint density at radius 1 is 1.27 bits per heavy atom. The average Bonchev–Trinajstić information content (AvgIpc) is 3.13. The maximum Gasteiger partial charge on any atom is 0.306 e. The smallest absolute Gasteiger partial charge is 0.306 e. The Labute approximate surface area is 127 Å². The normalized spacial score (nSPS) is 14.3. The molecule has 2 rings (SSSR count). The topological polar surface area (TPSA) is 93.0 Å². The first-order valence-corrected chi connectivity index (χ1v) is 7.24. The van der Waals surface area contributed by atoms with Crippen LogP contribution in [-0.4, -0.2) is 52.7 Å². The summed E-state index contributed by atoms with van der Waals surface area (Å²) in [6.07, 6.45) is 0.711. The van der Waals surface area contributed by atoms with Crippen LogP contribution in [0.5, 0.6) is 0 Å². The number of carbonyl (C=O) groups excluding carboxylic acids is 3. The molecule has 0 aliphatic carbocycles. The number of esters is 1. The van der Waals surface area contributed by atoms with Crippen LogP contribution >= 0.6 is 0 Å². The summed E-state index contributed by atoms with van der Waals surface area (Å²) in [5.74, 6) is -0.541. The van der Waals surface area contributed by atoms with E-state index in [1.807, 2.05) is 0 Å². The summed E-state index contributed by atoms with van der Waals surface area (Å²) in [7, 11) is 0. The molecule has 1 aliphatic rings. The summed E-state index contributed by atoms with van der Waals surface area (Å²) in [6, 6.07) is 1.53. The molecule has 0 spiro atoms. The van der Waals surface area contributed by atoms with Crippen LogP contribution in [0.25, 0.3) is 0 Å². The van der Waals surface area contributed by atoms with Gasteiger partial charge in [-0.25, -0.2) is 5.01 Å². The van der Waals surface area contributed by atoms with Gasteiger partial charge in [0, 0.05) is 25.6 Å². The Hall–Kier alpha value is -2.38. The van der Waals surface area contributed by atoms with Crippen LogP contribution in [0.15, 0.2) is 10.6 Å². The molecule has 0 bridgehead atoms. The predicted octanol–water partition coefficient (Wildman–Crippen LogP) is 0.916.